The predicted octanol–water partition coefficient (Wildman–Crippen LogP) is 4.70. The number of aromatic nitrogens is 1. The summed E-state index contributed by atoms with van der Waals surface area (Å²) in [5, 5.41) is 0.300. The van der Waals surface area contributed by atoms with E-state index in [1.807, 2.05) is 0 Å². The number of anilines is 1. The Hall–Kier alpha value is -2.15. The number of halogens is 4. The van der Waals surface area contributed by atoms with Crippen LogP contribution in [0.1, 0.15) is 5.56 Å². The Morgan fingerprint density at radius 1 is 1.05 bits per heavy atom. The molecule has 0 radical (unpaired) electrons. The average molecular weight is 312 g/mol. The van der Waals surface area contributed by atoms with E-state index in [9.17, 15) is 17.6 Å². The van der Waals surface area contributed by atoms with Crippen LogP contribution in [-0.2, 0) is 6.18 Å². The molecule has 0 unspecified atom stereocenters. The summed E-state index contributed by atoms with van der Waals surface area (Å²) in [6.45, 7) is 0. The predicted molar refractivity (Wildman–Crippen MR) is 74.4 cm³/mol. The summed E-state index contributed by atoms with van der Waals surface area (Å²) in [4.78, 5) is 4.08. The summed E-state index contributed by atoms with van der Waals surface area (Å²) in [5.41, 5.74) is 5.56. The molecule has 0 bridgehead atoms. The third-order valence-corrected chi connectivity index (χ3v) is 4.01. The minimum atomic E-state index is -4.43. The Kier molecular flexibility index (Phi) is 3.09. The normalized spacial score (nSPS) is 12.0. The van der Waals surface area contributed by atoms with Gasteiger partial charge in [0.25, 0.3) is 0 Å². The van der Waals surface area contributed by atoms with Crippen LogP contribution in [-0.4, -0.2) is 4.98 Å². The van der Waals surface area contributed by atoms with Gasteiger partial charge >= 0.3 is 6.18 Å². The zero-order chi connectivity index (χ0) is 15.2. The quantitative estimate of drug-likeness (QED) is 0.522. The first-order valence-electron chi connectivity index (χ1n) is 5.88. The molecule has 0 aliphatic heterocycles. The van der Waals surface area contributed by atoms with Gasteiger partial charge in [-0.2, -0.15) is 13.2 Å². The van der Waals surface area contributed by atoms with Crippen molar-refractivity contribution in [1.29, 1.82) is 0 Å². The van der Waals surface area contributed by atoms with Gasteiger partial charge in [-0.1, -0.05) is 0 Å². The van der Waals surface area contributed by atoms with Gasteiger partial charge in [0.1, 0.15) is 10.8 Å². The van der Waals surface area contributed by atoms with Gasteiger partial charge in [0.2, 0.25) is 0 Å². The number of nitrogens with zero attached hydrogens (tertiary/aromatic N) is 1. The highest BCUT2D eigenvalue weighted by molar-refractivity contribution is 7.21. The zero-order valence-electron chi connectivity index (χ0n) is 10.4. The first kappa shape index (κ1) is 13.8. The van der Waals surface area contributed by atoms with Crippen LogP contribution >= 0.6 is 11.3 Å². The Morgan fingerprint density at radius 3 is 2.52 bits per heavy atom. The first-order chi connectivity index (χ1) is 9.84. The second-order valence-electron chi connectivity index (χ2n) is 4.44. The summed E-state index contributed by atoms with van der Waals surface area (Å²) in [6, 6.07) is 7.31. The van der Waals surface area contributed by atoms with Crippen LogP contribution < -0.4 is 5.73 Å². The van der Waals surface area contributed by atoms with Crippen molar-refractivity contribution in [2.45, 2.75) is 6.18 Å². The molecule has 2 nitrogen and oxygen atoms in total. The average Bonchev–Trinajstić information content (AvgIpc) is 2.83. The van der Waals surface area contributed by atoms with Crippen LogP contribution in [0, 0.1) is 5.82 Å². The van der Waals surface area contributed by atoms with E-state index in [0.29, 0.717) is 15.4 Å². The second kappa shape index (κ2) is 4.70. The van der Waals surface area contributed by atoms with Gasteiger partial charge in [0, 0.05) is 11.3 Å². The van der Waals surface area contributed by atoms with Gasteiger partial charge in [0.15, 0.2) is 0 Å². The lowest BCUT2D eigenvalue weighted by Gasteiger charge is -2.04. The van der Waals surface area contributed by atoms with Gasteiger partial charge in [-0.25, -0.2) is 9.37 Å². The molecule has 0 fully saturated rings. The summed E-state index contributed by atoms with van der Waals surface area (Å²) in [6.07, 6.45) is -4.43. The standard InChI is InChI=1S/C14H8F4N2S/c15-10-3-2-8(19)6-9(10)13-20-11-5-7(14(16,17)18)1-4-12(11)21-13/h1-6H,19H2. The molecule has 0 saturated heterocycles. The molecule has 0 atom stereocenters. The molecule has 1 aromatic heterocycles. The number of benzene rings is 2. The Balaban J connectivity index is 2.15. The van der Waals surface area contributed by atoms with Crippen molar-refractivity contribution < 1.29 is 17.6 Å². The van der Waals surface area contributed by atoms with Crippen molar-refractivity contribution in [3.63, 3.8) is 0 Å². The van der Waals surface area contributed by atoms with Crippen LogP contribution in [0.15, 0.2) is 36.4 Å². The molecule has 108 valence electrons. The van der Waals surface area contributed by atoms with Gasteiger partial charge in [-0.3, -0.25) is 0 Å². The fourth-order valence-corrected chi connectivity index (χ4v) is 2.89. The van der Waals surface area contributed by atoms with Gasteiger partial charge in [-0.05, 0) is 36.4 Å². The minimum absolute atomic E-state index is 0.185. The van der Waals surface area contributed by atoms with E-state index in [2.05, 4.69) is 4.98 Å². The maximum Gasteiger partial charge on any atom is 0.416 e. The molecule has 0 spiro atoms. The number of nitrogens with two attached hydrogens (primary N) is 1. The Morgan fingerprint density at radius 2 is 1.81 bits per heavy atom. The van der Waals surface area contributed by atoms with Crippen LogP contribution in [0.2, 0.25) is 0 Å². The Bertz CT molecular complexity index is 823. The largest absolute Gasteiger partial charge is 0.416 e. The van der Waals surface area contributed by atoms with Crippen molar-refractivity contribution in [3.8, 4) is 10.6 Å². The number of hydrogen-bond donors (Lipinski definition) is 1. The Labute approximate surface area is 120 Å². The fourth-order valence-electron chi connectivity index (χ4n) is 1.93. The number of hydrogen-bond acceptors (Lipinski definition) is 3. The SMILES string of the molecule is Nc1ccc(F)c(-c2nc3cc(C(F)(F)F)ccc3s2)c1. The molecular formula is C14H8F4N2S. The van der Waals surface area contributed by atoms with Crippen LogP contribution in [0.3, 0.4) is 0 Å². The molecule has 2 N–H and O–H groups in total. The van der Waals surface area contributed by atoms with E-state index in [-0.39, 0.29) is 11.1 Å². The lowest BCUT2D eigenvalue weighted by atomic mass is 10.2. The van der Waals surface area contributed by atoms with Crippen molar-refractivity contribution in [2.24, 2.45) is 0 Å². The second-order valence-corrected chi connectivity index (χ2v) is 5.47. The molecule has 0 aliphatic carbocycles. The summed E-state index contributed by atoms with van der Waals surface area (Å²) in [7, 11) is 0. The van der Waals surface area contributed by atoms with Gasteiger partial charge in [0.05, 0.1) is 15.8 Å². The van der Waals surface area contributed by atoms with E-state index in [4.69, 9.17) is 5.73 Å². The monoisotopic (exact) mass is 312 g/mol. The molecule has 3 rings (SSSR count). The third-order valence-electron chi connectivity index (χ3n) is 2.94. The summed E-state index contributed by atoms with van der Waals surface area (Å²) < 4.78 is 52.3. The smallest absolute Gasteiger partial charge is 0.399 e. The number of rotatable bonds is 1. The minimum Gasteiger partial charge on any atom is -0.399 e. The van der Waals surface area contributed by atoms with Crippen molar-refractivity contribution in [3.05, 3.63) is 47.8 Å². The van der Waals surface area contributed by atoms with Gasteiger partial charge in [-0.15, -0.1) is 11.3 Å². The van der Waals surface area contributed by atoms with Crippen molar-refractivity contribution >= 4 is 27.2 Å². The molecule has 21 heavy (non-hydrogen) atoms. The number of nitrogen functional groups attached to an aromatic ring is 1. The maximum atomic E-state index is 13.8. The molecular weight excluding hydrogens is 304 g/mol. The van der Waals surface area contributed by atoms with E-state index in [1.165, 1.54) is 24.3 Å². The highest BCUT2D eigenvalue weighted by Crippen LogP contribution is 2.36. The van der Waals surface area contributed by atoms with Crippen molar-refractivity contribution in [2.75, 3.05) is 5.73 Å². The molecule has 1 heterocycles. The molecule has 2 aromatic carbocycles. The van der Waals surface area contributed by atoms with E-state index in [0.717, 1.165) is 23.5 Å². The zero-order valence-corrected chi connectivity index (χ0v) is 11.2. The maximum absolute atomic E-state index is 13.8. The van der Waals surface area contributed by atoms with E-state index < -0.39 is 17.6 Å². The lowest BCUT2D eigenvalue weighted by molar-refractivity contribution is -0.137. The fraction of sp³-hybridized carbons (Fsp3) is 0.0714. The van der Waals surface area contributed by atoms with Crippen LogP contribution in [0.5, 0.6) is 0 Å². The molecule has 0 saturated carbocycles. The topological polar surface area (TPSA) is 38.9 Å². The van der Waals surface area contributed by atoms with Gasteiger partial charge < -0.3 is 5.73 Å². The first-order valence-corrected chi connectivity index (χ1v) is 6.69. The number of thiazole rings is 1. The summed E-state index contributed by atoms with van der Waals surface area (Å²) >= 11 is 1.12. The van der Waals surface area contributed by atoms with E-state index in [1.54, 1.807) is 0 Å². The molecule has 7 heteroatoms. The lowest BCUT2D eigenvalue weighted by Crippen LogP contribution is -2.03. The molecule has 3 aromatic rings. The summed E-state index contributed by atoms with van der Waals surface area (Å²) in [5.74, 6) is -0.515. The molecule has 0 amide bonds. The third kappa shape index (κ3) is 2.56. The van der Waals surface area contributed by atoms with Crippen LogP contribution in [0.4, 0.5) is 23.2 Å². The number of alkyl halides is 3. The molecule has 0 aliphatic rings. The van der Waals surface area contributed by atoms with Crippen LogP contribution in [0.25, 0.3) is 20.8 Å². The highest BCUT2D eigenvalue weighted by atomic mass is 32.1. The van der Waals surface area contributed by atoms with E-state index >= 15 is 0 Å². The number of fused-ring (bicyclic) bond motifs is 1. The van der Waals surface area contributed by atoms with Crippen molar-refractivity contribution in [1.82, 2.24) is 4.98 Å². The highest BCUT2D eigenvalue weighted by Gasteiger charge is 2.30.